The lowest BCUT2D eigenvalue weighted by Gasteiger charge is -2.30. The largest absolute Gasteiger partial charge is 0.497 e. The van der Waals surface area contributed by atoms with Gasteiger partial charge in [0.05, 0.1) is 19.4 Å². The van der Waals surface area contributed by atoms with E-state index in [0.717, 1.165) is 35.6 Å². The fourth-order valence-corrected chi connectivity index (χ4v) is 3.51. The molecule has 0 aliphatic carbocycles. The van der Waals surface area contributed by atoms with E-state index in [1.165, 1.54) is 11.1 Å². The van der Waals surface area contributed by atoms with Crippen LogP contribution >= 0.6 is 0 Å². The zero-order valence-corrected chi connectivity index (χ0v) is 22.2. The second-order valence-electron chi connectivity index (χ2n) is 10.1. The van der Waals surface area contributed by atoms with Gasteiger partial charge in [-0.1, -0.05) is 53.7 Å². The van der Waals surface area contributed by atoms with Gasteiger partial charge in [0.25, 0.3) is 0 Å². The molecule has 5 heteroatoms. The first-order valence-electron chi connectivity index (χ1n) is 12.3. The molecule has 1 amide bonds. The number of nitrogens with zero attached hydrogens (tertiary/aromatic N) is 1. The summed E-state index contributed by atoms with van der Waals surface area (Å²) in [6.07, 6.45) is 3.08. The summed E-state index contributed by atoms with van der Waals surface area (Å²) in [5, 5.41) is 4.22. The molecule has 0 aliphatic rings. The van der Waals surface area contributed by atoms with Gasteiger partial charge in [0.2, 0.25) is 5.91 Å². The van der Waals surface area contributed by atoms with Crippen molar-refractivity contribution in [1.82, 2.24) is 5.43 Å². The molecular weight excluding hydrogens is 424 g/mol. The van der Waals surface area contributed by atoms with Gasteiger partial charge in [0.15, 0.2) is 0 Å². The van der Waals surface area contributed by atoms with Crippen LogP contribution in [0.3, 0.4) is 0 Å². The summed E-state index contributed by atoms with van der Waals surface area (Å²) in [5.41, 5.74) is 7.03. The molecule has 2 aromatic rings. The van der Waals surface area contributed by atoms with Gasteiger partial charge in [-0.15, -0.1) is 0 Å². The smallest absolute Gasteiger partial charge is 0.240 e. The number of benzene rings is 2. The van der Waals surface area contributed by atoms with E-state index in [4.69, 9.17) is 9.47 Å². The molecule has 0 fully saturated rings. The van der Waals surface area contributed by atoms with Gasteiger partial charge in [-0.05, 0) is 78.5 Å². The molecular formula is C29H42N2O3. The molecule has 0 saturated carbocycles. The van der Waals surface area contributed by atoms with E-state index in [0.29, 0.717) is 19.4 Å². The lowest BCUT2D eigenvalue weighted by Crippen LogP contribution is -2.22. The van der Waals surface area contributed by atoms with E-state index < -0.39 is 0 Å². The third-order valence-electron chi connectivity index (χ3n) is 6.92. The Labute approximate surface area is 205 Å². The Morgan fingerprint density at radius 1 is 0.971 bits per heavy atom. The minimum Gasteiger partial charge on any atom is -0.497 e. The standard InChI is InChI=1S/C29H42N2O3/c1-9-28(4,5)23-15-18-26(25(20-23)29(6,7)10-2)34-19-11-12-27(32)31-30-21(3)22-13-16-24(33-8)17-14-22/h13-18,20H,9-12,19H2,1-8H3,(H,31,32)/b30-21-. The Morgan fingerprint density at radius 3 is 2.21 bits per heavy atom. The summed E-state index contributed by atoms with van der Waals surface area (Å²) in [5.74, 6) is 1.58. The van der Waals surface area contributed by atoms with Gasteiger partial charge in [0.1, 0.15) is 11.5 Å². The number of nitrogens with one attached hydrogen (secondary N) is 1. The van der Waals surface area contributed by atoms with Crippen molar-refractivity contribution in [2.75, 3.05) is 13.7 Å². The second-order valence-corrected chi connectivity index (χ2v) is 10.1. The van der Waals surface area contributed by atoms with Gasteiger partial charge < -0.3 is 9.47 Å². The summed E-state index contributed by atoms with van der Waals surface area (Å²) in [6, 6.07) is 14.2. The lowest BCUT2D eigenvalue weighted by atomic mass is 9.76. The Balaban J connectivity index is 1.95. The Bertz CT molecular complexity index is 975. The monoisotopic (exact) mass is 466 g/mol. The number of hydrogen-bond acceptors (Lipinski definition) is 4. The third kappa shape index (κ3) is 7.34. The molecule has 0 atom stereocenters. The van der Waals surface area contributed by atoms with Gasteiger partial charge >= 0.3 is 0 Å². The fraction of sp³-hybridized carbons (Fsp3) is 0.517. The van der Waals surface area contributed by atoms with Crippen molar-refractivity contribution < 1.29 is 14.3 Å². The molecule has 0 aliphatic heterocycles. The molecule has 0 spiro atoms. The first kappa shape index (κ1) is 27.4. The minimum atomic E-state index is -0.120. The van der Waals surface area contributed by atoms with E-state index in [-0.39, 0.29) is 16.7 Å². The van der Waals surface area contributed by atoms with Crippen LogP contribution in [-0.4, -0.2) is 25.3 Å². The molecule has 2 rings (SSSR count). The van der Waals surface area contributed by atoms with Crippen LogP contribution in [0.5, 0.6) is 11.5 Å². The molecule has 0 heterocycles. The average Bonchev–Trinajstić information content (AvgIpc) is 2.85. The lowest BCUT2D eigenvalue weighted by molar-refractivity contribution is -0.121. The molecule has 0 saturated heterocycles. The van der Waals surface area contributed by atoms with Gasteiger partial charge in [-0.25, -0.2) is 5.43 Å². The number of carbonyl (C=O) groups is 1. The number of hydrogen-bond donors (Lipinski definition) is 1. The SMILES string of the molecule is CCC(C)(C)c1ccc(OCCCC(=O)N/N=C(/C)c2ccc(OC)cc2)c(C(C)(C)CC)c1. The van der Waals surface area contributed by atoms with Crippen LogP contribution in [0.1, 0.15) is 90.8 Å². The van der Waals surface area contributed by atoms with Gasteiger partial charge in [0, 0.05) is 12.0 Å². The van der Waals surface area contributed by atoms with E-state index >= 15 is 0 Å². The molecule has 0 unspecified atom stereocenters. The highest BCUT2D eigenvalue weighted by molar-refractivity contribution is 5.99. The number of methoxy groups -OCH3 is 1. The van der Waals surface area contributed by atoms with Crippen LogP contribution in [0.2, 0.25) is 0 Å². The van der Waals surface area contributed by atoms with E-state index in [9.17, 15) is 4.79 Å². The number of rotatable bonds is 12. The van der Waals surface area contributed by atoms with Crippen molar-refractivity contribution in [3.63, 3.8) is 0 Å². The molecule has 0 radical (unpaired) electrons. The minimum absolute atomic E-state index is 0.0141. The molecule has 1 N–H and O–H groups in total. The zero-order valence-electron chi connectivity index (χ0n) is 22.2. The first-order valence-corrected chi connectivity index (χ1v) is 12.3. The van der Waals surface area contributed by atoms with Crippen molar-refractivity contribution >= 4 is 11.6 Å². The topological polar surface area (TPSA) is 59.9 Å². The number of ether oxygens (including phenoxy) is 2. The van der Waals surface area contributed by atoms with Crippen LogP contribution in [-0.2, 0) is 15.6 Å². The quantitative estimate of drug-likeness (QED) is 0.213. The highest BCUT2D eigenvalue weighted by Crippen LogP contribution is 2.38. The first-order chi connectivity index (χ1) is 16.0. The van der Waals surface area contributed by atoms with Crippen molar-refractivity contribution in [2.45, 2.75) is 85.0 Å². The van der Waals surface area contributed by atoms with Crippen LogP contribution in [0.25, 0.3) is 0 Å². The Morgan fingerprint density at radius 2 is 1.62 bits per heavy atom. The van der Waals surface area contributed by atoms with Crippen LogP contribution in [0, 0.1) is 0 Å². The number of amides is 1. The van der Waals surface area contributed by atoms with Crippen molar-refractivity contribution in [3.05, 3.63) is 59.2 Å². The molecule has 186 valence electrons. The predicted octanol–water partition coefficient (Wildman–Crippen LogP) is 6.77. The maximum atomic E-state index is 12.3. The molecule has 0 bridgehead atoms. The Kier molecular flexibility index (Phi) is 9.72. The van der Waals surface area contributed by atoms with Crippen molar-refractivity contribution in [3.8, 4) is 11.5 Å². The predicted molar refractivity (Wildman–Crippen MR) is 141 cm³/mol. The molecule has 34 heavy (non-hydrogen) atoms. The number of carbonyl (C=O) groups excluding carboxylic acids is 1. The third-order valence-corrected chi connectivity index (χ3v) is 6.92. The molecule has 5 nitrogen and oxygen atoms in total. The maximum absolute atomic E-state index is 12.3. The summed E-state index contributed by atoms with van der Waals surface area (Å²) in [6.45, 7) is 15.9. The highest BCUT2D eigenvalue weighted by atomic mass is 16.5. The van der Waals surface area contributed by atoms with Crippen LogP contribution in [0.4, 0.5) is 0 Å². The summed E-state index contributed by atoms with van der Waals surface area (Å²) >= 11 is 0. The van der Waals surface area contributed by atoms with Crippen LogP contribution < -0.4 is 14.9 Å². The van der Waals surface area contributed by atoms with E-state index in [1.807, 2.05) is 31.2 Å². The van der Waals surface area contributed by atoms with E-state index in [1.54, 1.807) is 7.11 Å². The fourth-order valence-electron chi connectivity index (χ4n) is 3.51. The van der Waals surface area contributed by atoms with Crippen molar-refractivity contribution in [2.24, 2.45) is 5.10 Å². The molecule has 0 aromatic heterocycles. The van der Waals surface area contributed by atoms with Crippen LogP contribution in [0.15, 0.2) is 47.6 Å². The van der Waals surface area contributed by atoms with E-state index in [2.05, 4.69) is 70.3 Å². The molecule has 2 aromatic carbocycles. The average molecular weight is 467 g/mol. The maximum Gasteiger partial charge on any atom is 0.240 e. The summed E-state index contributed by atoms with van der Waals surface area (Å²) in [4.78, 5) is 12.3. The summed E-state index contributed by atoms with van der Waals surface area (Å²) in [7, 11) is 1.63. The van der Waals surface area contributed by atoms with Gasteiger partial charge in [-0.3, -0.25) is 4.79 Å². The van der Waals surface area contributed by atoms with Crippen molar-refractivity contribution in [1.29, 1.82) is 0 Å². The number of hydrazone groups is 1. The van der Waals surface area contributed by atoms with Gasteiger partial charge in [-0.2, -0.15) is 5.10 Å². The zero-order chi connectivity index (χ0) is 25.4. The Hall–Kier alpha value is -2.82. The normalized spacial score (nSPS) is 12.4. The second kappa shape index (κ2) is 12.0. The summed E-state index contributed by atoms with van der Waals surface area (Å²) < 4.78 is 11.3. The highest BCUT2D eigenvalue weighted by Gasteiger charge is 2.26.